The molecule has 0 amide bonds. The standard InChI is InChI=1S/C39H25N3/c1-4-13-27(14-5-1)34-25-35(28-16-6-2-7-17-28)40-37-32(34)23-24-33-36(31-22-12-20-26-15-10-11-21-30(26)31)41-39(42-38(33)37)29-18-8-3-9-19-29/h1-25H. The van der Waals surface area contributed by atoms with Crippen LogP contribution in [0.5, 0.6) is 0 Å². The summed E-state index contributed by atoms with van der Waals surface area (Å²) in [5.41, 5.74) is 8.95. The first-order valence-corrected chi connectivity index (χ1v) is 14.1. The van der Waals surface area contributed by atoms with Crippen LogP contribution in [0.3, 0.4) is 0 Å². The molecule has 0 saturated carbocycles. The zero-order chi connectivity index (χ0) is 27.9. The van der Waals surface area contributed by atoms with Gasteiger partial charge in [-0.05, 0) is 34.0 Å². The molecule has 0 N–H and O–H groups in total. The molecule has 3 heteroatoms. The maximum Gasteiger partial charge on any atom is 0.160 e. The van der Waals surface area contributed by atoms with Crippen LogP contribution in [0.25, 0.3) is 77.6 Å². The predicted molar refractivity (Wildman–Crippen MR) is 174 cm³/mol. The van der Waals surface area contributed by atoms with E-state index in [1.807, 2.05) is 24.3 Å². The van der Waals surface area contributed by atoms with Gasteiger partial charge >= 0.3 is 0 Å². The van der Waals surface area contributed by atoms with Crippen LogP contribution in [0.1, 0.15) is 0 Å². The Labute approximate surface area is 243 Å². The van der Waals surface area contributed by atoms with Crippen LogP contribution in [0.2, 0.25) is 0 Å². The molecule has 0 atom stereocenters. The van der Waals surface area contributed by atoms with Gasteiger partial charge in [0, 0.05) is 27.5 Å². The molecule has 196 valence electrons. The van der Waals surface area contributed by atoms with Gasteiger partial charge in [-0.15, -0.1) is 0 Å². The Balaban J connectivity index is 1.52. The van der Waals surface area contributed by atoms with Crippen molar-refractivity contribution in [2.24, 2.45) is 0 Å². The molecule has 0 saturated heterocycles. The normalized spacial score (nSPS) is 11.3. The lowest BCUT2D eigenvalue weighted by atomic mass is 9.95. The van der Waals surface area contributed by atoms with E-state index in [0.29, 0.717) is 5.82 Å². The maximum absolute atomic E-state index is 5.30. The molecule has 0 radical (unpaired) electrons. The van der Waals surface area contributed by atoms with Gasteiger partial charge in [0.25, 0.3) is 0 Å². The first-order valence-electron chi connectivity index (χ1n) is 14.1. The van der Waals surface area contributed by atoms with Crippen molar-refractivity contribution in [3.63, 3.8) is 0 Å². The molecule has 0 unspecified atom stereocenters. The SMILES string of the molecule is c1ccc(-c2cc(-c3ccccc3)c3ccc4c(-c5cccc6ccccc56)nc(-c5ccccc5)nc4c3n2)cc1. The number of nitrogens with zero attached hydrogens (tertiary/aromatic N) is 3. The fraction of sp³-hybridized carbons (Fsp3) is 0. The molecule has 8 aromatic rings. The molecule has 6 aromatic carbocycles. The molecule has 0 spiro atoms. The Kier molecular flexibility index (Phi) is 5.79. The van der Waals surface area contributed by atoms with Gasteiger partial charge < -0.3 is 0 Å². The Morgan fingerprint density at radius 1 is 0.357 bits per heavy atom. The molecule has 2 aromatic heterocycles. The summed E-state index contributed by atoms with van der Waals surface area (Å²) in [6, 6.07) is 52.6. The van der Waals surface area contributed by atoms with Gasteiger partial charge in [0.15, 0.2) is 5.82 Å². The summed E-state index contributed by atoms with van der Waals surface area (Å²) < 4.78 is 0. The van der Waals surface area contributed by atoms with E-state index in [0.717, 1.165) is 66.4 Å². The van der Waals surface area contributed by atoms with Gasteiger partial charge in [0.05, 0.1) is 16.9 Å². The average Bonchev–Trinajstić information content (AvgIpc) is 3.08. The number of fused-ring (bicyclic) bond motifs is 4. The van der Waals surface area contributed by atoms with E-state index < -0.39 is 0 Å². The number of benzene rings is 6. The fourth-order valence-electron chi connectivity index (χ4n) is 5.85. The quantitative estimate of drug-likeness (QED) is 0.211. The topological polar surface area (TPSA) is 38.7 Å². The third kappa shape index (κ3) is 4.11. The van der Waals surface area contributed by atoms with Crippen LogP contribution >= 0.6 is 0 Å². The van der Waals surface area contributed by atoms with Crippen molar-refractivity contribution in [3.05, 3.63) is 152 Å². The number of hydrogen-bond donors (Lipinski definition) is 0. The number of aromatic nitrogens is 3. The van der Waals surface area contributed by atoms with Crippen molar-refractivity contribution >= 4 is 32.6 Å². The van der Waals surface area contributed by atoms with Gasteiger partial charge in [-0.25, -0.2) is 15.0 Å². The lowest BCUT2D eigenvalue weighted by Gasteiger charge is -2.15. The van der Waals surface area contributed by atoms with E-state index in [1.165, 1.54) is 5.39 Å². The minimum Gasteiger partial charge on any atom is -0.245 e. The molecule has 0 aliphatic heterocycles. The average molecular weight is 536 g/mol. The first-order chi connectivity index (χ1) is 20.8. The number of rotatable bonds is 4. The Morgan fingerprint density at radius 3 is 1.71 bits per heavy atom. The molecule has 3 nitrogen and oxygen atoms in total. The summed E-state index contributed by atoms with van der Waals surface area (Å²) in [4.78, 5) is 15.8. The second kappa shape index (κ2) is 10.1. The monoisotopic (exact) mass is 535 g/mol. The van der Waals surface area contributed by atoms with E-state index in [9.17, 15) is 0 Å². The highest BCUT2D eigenvalue weighted by atomic mass is 14.9. The molecule has 0 fully saturated rings. The Hall–Kier alpha value is -5.67. The molecule has 0 aliphatic carbocycles. The summed E-state index contributed by atoms with van der Waals surface area (Å²) in [6.07, 6.45) is 0. The minimum absolute atomic E-state index is 0.687. The smallest absolute Gasteiger partial charge is 0.160 e. The number of hydrogen-bond acceptors (Lipinski definition) is 3. The van der Waals surface area contributed by atoms with Crippen molar-refractivity contribution in [2.75, 3.05) is 0 Å². The molecular formula is C39H25N3. The van der Waals surface area contributed by atoms with Gasteiger partial charge in [-0.1, -0.05) is 140 Å². The Morgan fingerprint density at radius 2 is 0.952 bits per heavy atom. The van der Waals surface area contributed by atoms with Crippen molar-refractivity contribution in [1.29, 1.82) is 0 Å². The third-order valence-electron chi connectivity index (χ3n) is 7.88. The van der Waals surface area contributed by atoms with Crippen LogP contribution in [-0.2, 0) is 0 Å². The molecular weight excluding hydrogens is 510 g/mol. The zero-order valence-corrected chi connectivity index (χ0v) is 22.8. The molecule has 8 rings (SSSR count). The van der Waals surface area contributed by atoms with Crippen molar-refractivity contribution in [3.8, 4) is 45.0 Å². The Bertz CT molecular complexity index is 2220. The molecule has 2 heterocycles. The number of pyridine rings is 1. The second-order valence-electron chi connectivity index (χ2n) is 10.4. The summed E-state index contributed by atoms with van der Waals surface area (Å²) in [6.45, 7) is 0. The fourth-order valence-corrected chi connectivity index (χ4v) is 5.85. The minimum atomic E-state index is 0.687. The van der Waals surface area contributed by atoms with Crippen LogP contribution in [-0.4, -0.2) is 15.0 Å². The predicted octanol–water partition coefficient (Wildman–Crippen LogP) is 10.00. The van der Waals surface area contributed by atoms with Gasteiger partial charge in [-0.3, -0.25) is 0 Å². The van der Waals surface area contributed by atoms with Crippen molar-refractivity contribution < 1.29 is 0 Å². The van der Waals surface area contributed by atoms with Crippen LogP contribution < -0.4 is 0 Å². The summed E-state index contributed by atoms with van der Waals surface area (Å²) >= 11 is 0. The van der Waals surface area contributed by atoms with Crippen molar-refractivity contribution in [1.82, 2.24) is 15.0 Å². The lowest BCUT2D eigenvalue weighted by Crippen LogP contribution is -1.98. The maximum atomic E-state index is 5.30. The largest absolute Gasteiger partial charge is 0.245 e. The van der Waals surface area contributed by atoms with E-state index in [4.69, 9.17) is 15.0 Å². The van der Waals surface area contributed by atoms with Crippen LogP contribution in [0.4, 0.5) is 0 Å². The highest BCUT2D eigenvalue weighted by Crippen LogP contribution is 2.39. The lowest BCUT2D eigenvalue weighted by molar-refractivity contribution is 1.23. The zero-order valence-electron chi connectivity index (χ0n) is 22.8. The molecule has 42 heavy (non-hydrogen) atoms. The van der Waals surface area contributed by atoms with E-state index in [1.54, 1.807) is 0 Å². The third-order valence-corrected chi connectivity index (χ3v) is 7.88. The first kappa shape index (κ1) is 24.2. The molecule has 0 bridgehead atoms. The van der Waals surface area contributed by atoms with E-state index >= 15 is 0 Å². The van der Waals surface area contributed by atoms with E-state index in [-0.39, 0.29) is 0 Å². The second-order valence-corrected chi connectivity index (χ2v) is 10.4. The summed E-state index contributed by atoms with van der Waals surface area (Å²) in [5, 5.41) is 4.39. The highest BCUT2D eigenvalue weighted by molar-refractivity contribution is 6.14. The van der Waals surface area contributed by atoms with Gasteiger partial charge in [0.2, 0.25) is 0 Å². The van der Waals surface area contributed by atoms with E-state index in [2.05, 4.69) is 127 Å². The van der Waals surface area contributed by atoms with Crippen molar-refractivity contribution in [2.45, 2.75) is 0 Å². The summed E-state index contributed by atoms with van der Waals surface area (Å²) in [7, 11) is 0. The van der Waals surface area contributed by atoms with Gasteiger partial charge in [-0.2, -0.15) is 0 Å². The summed E-state index contributed by atoms with van der Waals surface area (Å²) in [5.74, 6) is 0.687. The molecule has 0 aliphatic rings. The van der Waals surface area contributed by atoms with Crippen LogP contribution in [0.15, 0.2) is 152 Å². The van der Waals surface area contributed by atoms with Gasteiger partial charge in [0.1, 0.15) is 5.52 Å². The van der Waals surface area contributed by atoms with Crippen LogP contribution in [0, 0.1) is 0 Å². The highest BCUT2D eigenvalue weighted by Gasteiger charge is 2.19.